The first-order valence-electron chi connectivity index (χ1n) is 40.0. The number of hydrogen-bond donors (Lipinski definition) is 3. The highest BCUT2D eigenvalue weighted by Gasteiger charge is 2.30. The number of unbranched alkanes of at least 4 members (excludes halogenated alkanes) is 45. The van der Waals surface area contributed by atoms with Gasteiger partial charge in [-0.2, -0.15) is 0 Å². The zero-order chi connectivity index (χ0) is 70.7. The topological polar surface area (TPSA) is 237 Å². The molecule has 570 valence electrons. The maximum atomic E-state index is 13.1. The first kappa shape index (κ1) is 94.1. The van der Waals surface area contributed by atoms with E-state index in [0.29, 0.717) is 25.7 Å². The molecule has 6 atom stereocenters. The highest BCUT2D eigenvalue weighted by atomic mass is 31.2. The molecule has 0 amide bonds. The lowest BCUT2D eigenvalue weighted by atomic mass is 10.00. The van der Waals surface area contributed by atoms with Crippen LogP contribution in [0.25, 0.3) is 0 Å². The van der Waals surface area contributed by atoms with Gasteiger partial charge in [-0.15, -0.1) is 0 Å². The molecule has 0 aromatic rings. The molecule has 17 nitrogen and oxygen atoms in total. The van der Waals surface area contributed by atoms with Crippen molar-refractivity contribution in [3.8, 4) is 0 Å². The molecular weight excluding hydrogens is 1260 g/mol. The van der Waals surface area contributed by atoms with Crippen molar-refractivity contribution in [1.29, 1.82) is 0 Å². The smallest absolute Gasteiger partial charge is 0.462 e. The average molecular weight is 1410 g/mol. The van der Waals surface area contributed by atoms with Gasteiger partial charge in [-0.05, 0) is 37.5 Å². The summed E-state index contributed by atoms with van der Waals surface area (Å²) in [6.07, 6.45) is 57.1. The van der Waals surface area contributed by atoms with Crippen LogP contribution in [0.5, 0.6) is 0 Å². The fraction of sp³-hybridized carbons (Fsp3) is 0.948. The Labute approximate surface area is 588 Å². The molecule has 0 aromatic heterocycles. The molecule has 19 heteroatoms. The van der Waals surface area contributed by atoms with Gasteiger partial charge in [-0.1, -0.05) is 350 Å². The third-order valence-corrected chi connectivity index (χ3v) is 20.2. The van der Waals surface area contributed by atoms with E-state index >= 15 is 0 Å². The molecule has 0 aliphatic heterocycles. The van der Waals surface area contributed by atoms with E-state index < -0.39 is 97.5 Å². The Morgan fingerprint density at radius 1 is 0.302 bits per heavy atom. The van der Waals surface area contributed by atoms with E-state index in [0.717, 1.165) is 108 Å². The number of phosphoric ester groups is 2. The third-order valence-electron chi connectivity index (χ3n) is 18.3. The lowest BCUT2D eigenvalue weighted by molar-refractivity contribution is -0.161. The van der Waals surface area contributed by atoms with Crippen molar-refractivity contribution < 1.29 is 80.2 Å². The molecule has 0 saturated heterocycles. The van der Waals surface area contributed by atoms with Gasteiger partial charge in [0.2, 0.25) is 0 Å². The molecule has 0 spiro atoms. The number of aliphatic hydroxyl groups excluding tert-OH is 1. The summed E-state index contributed by atoms with van der Waals surface area (Å²) in [7, 11) is -9.91. The van der Waals surface area contributed by atoms with Crippen molar-refractivity contribution in [2.24, 2.45) is 11.8 Å². The number of aliphatic hydroxyl groups is 1. The van der Waals surface area contributed by atoms with Gasteiger partial charge in [-0.3, -0.25) is 37.3 Å². The highest BCUT2D eigenvalue weighted by Crippen LogP contribution is 2.45. The maximum absolute atomic E-state index is 13.1. The minimum Gasteiger partial charge on any atom is -0.462 e. The standard InChI is InChI=1S/C77H150O17P2/c1-7-10-12-14-16-18-20-22-23-24-25-26-27-28-29-30-31-33-37-42-50-56-62-77(82)93-72(65-87-74(79)59-53-47-40-38-34-35-39-45-51-57-69(4)5)67-91-95(83,84)89-63-71(78)64-90-96(85,86)92-68-73(66-88-75(80)60-54-48-44-43-46-52-58-70(6)9-3)94-76(81)61-55-49-41-36-32-21-19-17-15-13-11-8-2/h69-73,78H,7-68H2,1-6H3,(H,83,84)(H,85,86)/t70?,71-,72-,73-/m1/s1. The second kappa shape index (κ2) is 68.8. The number of rotatable bonds is 76. The fourth-order valence-corrected chi connectivity index (χ4v) is 13.4. The summed E-state index contributed by atoms with van der Waals surface area (Å²) in [6, 6.07) is 0. The SMILES string of the molecule is CCCCCCCCCCCCCCCCCCCCCCCCC(=O)O[C@H](COC(=O)CCCCCCCCCCCC(C)C)COP(=O)(O)OC[C@@H](O)COP(=O)(O)OC[C@@H](COC(=O)CCCCCCCCC(C)CC)OC(=O)CCCCCCCCCCCCCC. The van der Waals surface area contributed by atoms with Crippen LogP contribution >= 0.6 is 15.6 Å². The largest absolute Gasteiger partial charge is 0.472 e. The van der Waals surface area contributed by atoms with Gasteiger partial charge in [-0.25, -0.2) is 9.13 Å². The molecule has 0 aromatic carbocycles. The van der Waals surface area contributed by atoms with E-state index in [9.17, 15) is 43.2 Å². The van der Waals surface area contributed by atoms with Gasteiger partial charge in [0.25, 0.3) is 0 Å². The van der Waals surface area contributed by atoms with Gasteiger partial charge >= 0.3 is 39.5 Å². The average Bonchev–Trinajstić information content (AvgIpc) is 1.19. The number of carbonyl (C=O) groups excluding carboxylic acids is 4. The monoisotopic (exact) mass is 1410 g/mol. The highest BCUT2D eigenvalue weighted by molar-refractivity contribution is 7.47. The molecule has 0 aliphatic carbocycles. The van der Waals surface area contributed by atoms with Crippen LogP contribution in [0.1, 0.15) is 401 Å². The first-order valence-corrected chi connectivity index (χ1v) is 43.0. The van der Waals surface area contributed by atoms with E-state index in [1.807, 2.05) is 0 Å². The van der Waals surface area contributed by atoms with Gasteiger partial charge < -0.3 is 33.8 Å². The Hall–Kier alpha value is -1.94. The van der Waals surface area contributed by atoms with E-state index in [1.165, 1.54) is 212 Å². The summed E-state index contributed by atoms with van der Waals surface area (Å²) in [6.45, 7) is 9.54. The predicted octanol–water partition coefficient (Wildman–Crippen LogP) is 22.7. The van der Waals surface area contributed by atoms with Crippen molar-refractivity contribution in [3.05, 3.63) is 0 Å². The lowest BCUT2D eigenvalue weighted by Gasteiger charge is -2.21. The number of esters is 4. The third kappa shape index (κ3) is 69.2. The van der Waals surface area contributed by atoms with Crippen molar-refractivity contribution in [3.63, 3.8) is 0 Å². The summed E-state index contributed by atoms with van der Waals surface area (Å²) in [5.41, 5.74) is 0. The fourth-order valence-electron chi connectivity index (χ4n) is 11.8. The van der Waals surface area contributed by atoms with Crippen LogP contribution in [0.15, 0.2) is 0 Å². The summed E-state index contributed by atoms with van der Waals surface area (Å²) < 4.78 is 68.5. The second-order valence-corrected chi connectivity index (χ2v) is 31.4. The minimum absolute atomic E-state index is 0.106. The van der Waals surface area contributed by atoms with Gasteiger partial charge in [0.05, 0.1) is 26.4 Å². The summed E-state index contributed by atoms with van der Waals surface area (Å²) >= 11 is 0. The number of ether oxygens (including phenoxy) is 4. The molecule has 3 N–H and O–H groups in total. The van der Waals surface area contributed by atoms with Gasteiger partial charge in [0, 0.05) is 25.7 Å². The Morgan fingerprint density at radius 3 is 0.792 bits per heavy atom. The lowest BCUT2D eigenvalue weighted by Crippen LogP contribution is -2.30. The summed E-state index contributed by atoms with van der Waals surface area (Å²) in [4.78, 5) is 72.8. The van der Waals surface area contributed by atoms with Crippen LogP contribution < -0.4 is 0 Å². The van der Waals surface area contributed by atoms with Crippen LogP contribution in [0.2, 0.25) is 0 Å². The zero-order valence-corrected chi connectivity index (χ0v) is 64.5. The summed E-state index contributed by atoms with van der Waals surface area (Å²) in [5, 5.41) is 10.6. The normalized spacial score (nSPS) is 14.3. The van der Waals surface area contributed by atoms with Gasteiger partial charge in [0.1, 0.15) is 19.3 Å². The Bertz CT molecular complexity index is 1860. The molecule has 0 saturated carbocycles. The van der Waals surface area contributed by atoms with Gasteiger partial charge in [0.15, 0.2) is 12.2 Å². The van der Waals surface area contributed by atoms with Crippen LogP contribution in [0.3, 0.4) is 0 Å². The second-order valence-electron chi connectivity index (χ2n) is 28.5. The first-order chi connectivity index (χ1) is 46.4. The van der Waals surface area contributed by atoms with Crippen LogP contribution in [-0.2, 0) is 65.4 Å². The quantitative estimate of drug-likeness (QED) is 0.0222. The summed E-state index contributed by atoms with van der Waals surface area (Å²) in [5.74, 6) is -0.642. The van der Waals surface area contributed by atoms with E-state index in [2.05, 4.69) is 41.5 Å². The van der Waals surface area contributed by atoms with Crippen LogP contribution in [-0.4, -0.2) is 96.7 Å². The molecule has 96 heavy (non-hydrogen) atoms. The molecular formula is C77H150O17P2. The number of phosphoric acid groups is 2. The molecule has 0 heterocycles. The molecule has 0 bridgehead atoms. The zero-order valence-electron chi connectivity index (χ0n) is 62.7. The van der Waals surface area contributed by atoms with Crippen molar-refractivity contribution in [1.82, 2.24) is 0 Å². The number of carbonyl (C=O) groups is 4. The Kier molecular flexibility index (Phi) is 67.4. The molecule has 0 rings (SSSR count). The molecule has 0 radical (unpaired) electrons. The van der Waals surface area contributed by atoms with Crippen LogP contribution in [0.4, 0.5) is 0 Å². The Balaban J connectivity index is 5.18. The van der Waals surface area contributed by atoms with E-state index in [1.54, 1.807) is 0 Å². The van der Waals surface area contributed by atoms with E-state index in [-0.39, 0.29) is 25.7 Å². The molecule has 0 aliphatic rings. The van der Waals surface area contributed by atoms with Crippen LogP contribution in [0, 0.1) is 11.8 Å². The molecule has 0 fully saturated rings. The predicted molar refractivity (Wildman–Crippen MR) is 391 cm³/mol. The number of hydrogen-bond acceptors (Lipinski definition) is 15. The van der Waals surface area contributed by atoms with E-state index in [4.69, 9.17) is 37.0 Å². The van der Waals surface area contributed by atoms with Crippen molar-refractivity contribution in [2.45, 2.75) is 419 Å². The minimum atomic E-state index is -4.96. The molecule has 3 unspecified atom stereocenters. The van der Waals surface area contributed by atoms with Crippen molar-refractivity contribution in [2.75, 3.05) is 39.6 Å². The maximum Gasteiger partial charge on any atom is 0.472 e. The van der Waals surface area contributed by atoms with Crippen molar-refractivity contribution >= 4 is 39.5 Å². The Morgan fingerprint density at radius 2 is 0.531 bits per heavy atom.